The Balaban J connectivity index is 1.48. The van der Waals surface area contributed by atoms with Crippen LogP contribution >= 0.6 is 11.6 Å². The third-order valence-corrected chi connectivity index (χ3v) is 7.14. The first-order valence-electron chi connectivity index (χ1n) is 10.7. The fourth-order valence-electron chi connectivity index (χ4n) is 3.32. The Kier molecular flexibility index (Phi) is 9.06. The Morgan fingerprint density at radius 2 is 1.65 bits per heavy atom. The van der Waals surface area contributed by atoms with Gasteiger partial charge in [-0.15, -0.1) is 0 Å². The molecule has 180 valence electrons. The molecular weight excluding hydrogens is 478 g/mol. The predicted octanol–water partition coefficient (Wildman–Crippen LogP) is 3.89. The molecule has 0 saturated carbocycles. The van der Waals surface area contributed by atoms with Gasteiger partial charge in [0.25, 0.3) is 0 Å². The zero-order chi connectivity index (χ0) is 24.6. The molecule has 3 aromatic carbocycles. The summed E-state index contributed by atoms with van der Waals surface area (Å²) in [5.74, 6) is -0.826. The first kappa shape index (κ1) is 25.7. The summed E-state index contributed by atoms with van der Waals surface area (Å²) in [6.45, 7) is 0.622. The highest BCUT2D eigenvalue weighted by Gasteiger charge is 2.17. The van der Waals surface area contributed by atoms with E-state index in [2.05, 4.69) is 5.32 Å². The molecular formula is C25H26ClNO6S. The average molecular weight is 504 g/mol. The van der Waals surface area contributed by atoms with Crippen LogP contribution in [0.15, 0.2) is 82.6 Å². The van der Waals surface area contributed by atoms with E-state index < -0.39 is 28.5 Å². The van der Waals surface area contributed by atoms with Crippen LogP contribution in [0.5, 0.6) is 5.75 Å². The topological polar surface area (TPSA) is 113 Å². The summed E-state index contributed by atoms with van der Waals surface area (Å²) in [5, 5.41) is 22.7. The monoisotopic (exact) mass is 503 g/mol. The van der Waals surface area contributed by atoms with Gasteiger partial charge in [-0.3, -0.25) is 0 Å². The molecule has 3 N–H and O–H groups in total. The van der Waals surface area contributed by atoms with Crippen LogP contribution in [0.1, 0.15) is 23.7 Å². The first-order valence-corrected chi connectivity index (χ1v) is 12.5. The maximum absolute atomic E-state index is 12.8. The van der Waals surface area contributed by atoms with E-state index in [-0.39, 0.29) is 15.5 Å². The summed E-state index contributed by atoms with van der Waals surface area (Å²) >= 11 is 5.95. The Labute approximate surface area is 203 Å². The van der Waals surface area contributed by atoms with Crippen molar-refractivity contribution in [2.75, 3.05) is 19.7 Å². The highest BCUT2D eigenvalue weighted by Crippen LogP contribution is 2.24. The van der Waals surface area contributed by atoms with E-state index in [1.54, 1.807) is 42.5 Å². The zero-order valence-electron chi connectivity index (χ0n) is 18.4. The predicted molar refractivity (Wildman–Crippen MR) is 129 cm³/mol. The number of carboxylic acids is 1. The van der Waals surface area contributed by atoms with Gasteiger partial charge in [-0.05, 0) is 79.0 Å². The maximum atomic E-state index is 12.8. The van der Waals surface area contributed by atoms with Crippen LogP contribution in [0.4, 0.5) is 0 Å². The lowest BCUT2D eigenvalue weighted by molar-refractivity contribution is -0.139. The first-order chi connectivity index (χ1) is 16.3. The number of carbonyl (C=O) groups is 1. The van der Waals surface area contributed by atoms with E-state index in [1.807, 2.05) is 6.07 Å². The number of aliphatic hydroxyl groups is 1. The standard InChI is InChI=1S/C25H26ClNO6S/c26-20-5-1-4-19(15-20)24(28)16-27-14-2-3-18-6-10-22(11-7-18)34(31,32)23-12-8-21(9-13-23)33-17-25(29)30/h1,4-13,15,24,27-28H,2-3,14,16-17H2,(H,29,30)/t24-/m0/s1. The van der Waals surface area contributed by atoms with E-state index >= 15 is 0 Å². The summed E-state index contributed by atoms with van der Waals surface area (Å²) in [4.78, 5) is 10.8. The van der Waals surface area contributed by atoms with Crippen molar-refractivity contribution in [3.05, 3.63) is 88.9 Å². The van der Waals surface area contributed by atoms with Gasteiger partial charge in [0.1, 0.15) is 5.75 Å². The normalized spacial score (nSPS) is 12.3. The number of sulfone groups is 1. The molecule has 3 aromatic rings. The van der Waals surface area contributed by atoms with Crippen molar-refractivity contribution >= 4 is 27.4 Å². The van der Waals surface area contributed by atoms with Crippen LogP contribution in [0, 0.1) is 0 Å². The molecule has 0 fully saturated rings. The molecule has 0 amide bonds. The van der Waals surface area contributed by atoms with E-state index in [4.69, 9.17) is 21.4 Å². The number of halogens is 1. The SMILES string of the molecule is O=C(O)COc1ccc(S(=O)(=O)c2ccc(CCCNC[C@H](O)c3cccc(Cl)c3)cc2)cc1. The molecule has 7 nitrogen and oxygen atoms in total. The molecule has 0 saturated heterocycles. The number of carboxylic acid groups (broad SMARTS) is 1. The zero-order valence-corrected chi connectivity index (χ0v) is 19.9. The highest BCUT2D eigenvalue weighted by molar-refractivity contribution is 7.91. The summed E-state index contributed by atoms with van der Waals surface area (Å²) in [7, 11) is -3.69. The number of aryl methyl sites for hydroxylation is 1. The summed E-state index contributed by atoms with van der Waals surface area (Å²) in [5.41, 5.74) is 1.77. The van der Waals surface area contributed by atoms with Crippen molar-refractivity contribution in [1.82, 2.24) is 5.32 Å². The molecule has 0 bridgehead atoms. The number of aliphatic carboxylic acids is 1. The number of nitrogens with one attached hydrogen (secondary N) is 1. The minimum Gasteiger partial charge on any atom is -0.482 e. The number of hydrogen-bond donors (Lipinski definition) is 3. The van der Waals surface area contributed by atoms with Crippen molar-refractivity contribution in [2.45, 2.75) is 28.7 Å². The van der Waals surface area contributed by atoms with E-state index in [1.165, 1.54) is 24.3 Å². The van der Waals surface area contributed by atoms with Crippen molar-refractivity contribution < 1.29 is 28.2 Å². The number of rotatable bonds is 12. The third-order valence-electron chi connectivity index (χ3n) is 5.12. The lowest BCUT2D eigenvalue weighted by Gasteiger charge is -2.12. The second-order valence-electron chi connectivity index (χ2n) is 7.68. The molecule has 0 heterocycles. The van der Waals surface area contributed by atoms with Crippen LogP contribution in [0.25, 0.3) is 0 Å². The van der Waals surface area contributed by atoms with Gasteiger partial charge in [-0.25, -0.2) is 13.2 Å². The van der Waals surface area contributed by atoms with Gasteiger partial charge in [0.05, 0.1) is 15.9 Å². The summed E-state index contributed by atoms with van der Waals surface area (Å²) < 4.78 is 30.7. The molecule has 9 heteroatoms. The van der Waals surface area contributed by atoms with E-state index in [0.717, 1.165) is 24.0 Å². The lowest BCUT2D eigenvalue weighted by atomic mass is 10.1. The molecule has 0 unspecified atom stereocenters. The smallest absolute Gasteiger partial charge is 0.341 e. The van der Waals surface area contributed by atoms with Crippen LogP contribution in [-0.4, -0.2) is 44.3 Å². The highest BCUT2D eigenvalue weighted by atomic mass is 35.5. The molecule has 0 aromatic heterocycles. The average Bonchev–Trinajstić information content (AvgIpc) is 2.83. The summed E-state index contributed by atoms with van der Waals surface area (Å²) in [6, 6.07) is 19.5. The lowest BCUT2D eigenvalue weighted by Crippen LogP contribution is -2.22. The van der Waals surface area contributed by atoms with Crippen molar-refractivity contribution in [3.8, 4) is 5.75 Å². The number of ether oxygens (including phenoxy) is 1. The molecule has 0 spiro atoms. The van der Waals surface area contributed by atoms with Crippen LogP contribution in [-0.2, 0) is 21.1 Å². The molecule has 0 radical (unpaired) electrons. The number of aliphatic hydroxyl groups excluding tert-OH is 1. The quantitative estimate of drug-likeness (QED) is 0.321. The van der Waals surface area contributed by atoms with Gasteiger partial charge in [-0.2, -0.15) is 0 Å². The Hall–Kier alpha value is -2.91. The molecule has 0 aliphatic heterocycles. The molecule has 3 rings (SSSR count). The number of benzene rings is 3. The van der Waals surface area contributed by atoms with E-state index in [0.29, 0.717) is 18.1 Å². The van der Waals surface area contributed by atoms with E-state index in [9.17, 15) is 18.3 Å². The van der Waals surface area contributed by atoms with Crippen LogP contribution < -0.4 is 10.1 Å². The van der Waals surface area contributed by atoms with Crippen LogP contribution in [0.2, 0.25) is 5.02 Å². The Bertz CT molecular complexity index is 1200. The molecule has 1 atom stereocenters. The minimum absolute atomic E-state index is 0.102. The van der Waals surface area contributed by atoms with Gasteiger partial charge in [0, 0.05) is 11.6 Å². The Morgan fingerprint density at radius 3 is 2.26 bits per heavy atom. The van der Waals surface area contributed by atoms with Gasteiger partial charge in [0.15, 0.2) is 6.61 Å². The molecule has 0 aliphatic rings. The van der Waals surface area contributed by atoms with Crippen molar-refractivity contribution in [2.24, 2.45) is 0 Å². The molecule has 34 heavy (non-hydrogen) atoms. The maximum Gasteiger partial charge on any atom is 0.341 e. The molecule has 0 aliphatic carbocycles. The third kappa shape index (κ3) is 7.30. The van der Waals surface area contributed by atoms with Crippen molar-refractivity contribution in [3.63, 3.8) is 0 Å². The van der Waals surface area contributed by atoms with Gasteiger partial charge < -0.3 is 20.3 Å². The van der Waals surface area contributed by atoms with Gasteiger partial charge in [0.2, 0.25) is 9.84 Å². The van der Waals surface area contributed by atoms with Gasteiger partial charge >= 0.3 is 5.97 Å². The largest absolute Gasteiger partial charge is 0.482 e. The second kappa shape index (κ2) is 12.0. The second-order valence-corrected chi connectivity index (χ2v) is 10.1. The Morgan fingerprint density at radius 1 is 1.00 bits per heavy atom. The fraction of sp³-hybridized carbons (Fsp3) is 0.240. The fourth-order valence-corrected chi connectivity index (χ4v) is 4.78. The summed E-state index contributed by atoms with van der Waals surface area (Å²) in [6.07, 6.45) is 0.948. The number of hydrogen-bond acceptors (Lipinski definition) is 6. The van der Waals surface area contributed by atoms with Gasteiger partial charge in [-0.1, -0.05) is 35.9 Å². The van der Waals surface area contributed by atoms with Crippen molar-refractivity contribution in [1.29, 1.82) is 0 Å². The van der Waals surface area contributed by atoms with Crippen LogP contribution in [0.3, 0.4) is 0 Å². The minimum atomic E-state index is -3.69.